The second-order valence-corrected chi connectivity index (χ2v) is 6.33. The number of thiophene rings is 1. The summed E-state index contributed by atoms with van der Waals surface area (Å²) in [4.78, 5) is 9.48. The van der Waals surface area contributed by atoms with E-state index in [0.29, 0.717) is 5.28 Å². The highest BCUT2D eigenvalue weighted by atomic mass is 35.5. The van der Waals surface area contributed by atoms with Crippen LogP contribution >= 0.6 is 22.9 Å². The van der Waals surface area contributed by atoms with E-state index in [1.54, 1.807) is 11.3 Å². The van der Waals surface area contributed by atoms with Crippen LogP contribution in [0.25, 0.3) is 10.2 Å². The third-order valence-corrected chi connectivity index (χ3v) is 4.31. The normalized spacial score (nSPS) is 16.4. The molecule has 5 heteroatoms. The number of nitrogens with zero attached hydrogens (tertiary/aromatic N) is 2. The lowest BCUT2D eigenvalue weighted by Gasteiger charge is -2.27. The van der Waals surface area contributed by atoms with Gasteiger partial charge in [0.1, 0.15) is 10.6 Å². The number of nitrogens with one attached hydrogen (secondary N) is 1. The first-order valence-corrected chi connectivity index (χ1v) is 7.01. The first-order chi connectivity index (χ1) is 8.06. The summed E-state index contributed by atoms with van der Waals surface area (Å²) in [6.07, 6.45) is 2.59. The Hall–Kier alpha value is -0.870. The highest BCUT2D eigenvalue weighted by Crippen LogP contribution is 2.41. The molecule has 0 radical (unpaired) electrons. The van der Waals surface area contributed by atoms with Gasteiger partial charge < -0.3 is 5.32 Å². The maximum Gasteiger partial charge on any atom is 0.225 e. The van der Waals surface area contributed by atoms with Gasteiger partial charge in [-0.3, -0.25) is 0 Å². The Kier molecular flexibility index (Phi) is 2.52. The highest BCUT2D eigenvalue weighted by Gasteiger charge is 2.38. The number of rotatable bonds is 3. The van der Waals surface area contributed by atoms with Gasteiger partial charge in [-0.05, 0) is 55.7 Å². The Labute approximate surface area is 109 Å². The van der Waals surface area contributed by atoms with Crippen LogP contribution in [0.2, 0.25) is 5.28 Å². The number of anilines is 1. The van der Waals surface area contributed by atoms with Crippen LogP contribution in [-0.2, 0) is 0 Å². The molecule has 0 bridgehead atoms. The molecular weight excluding hydrogens is 254 g/mol. The first kappa shape index (κ1) is 11.2. The summed E-state index contributed by atoms with van der Waals surface area (Å²) in [5.74, 6) is 1.60. The van der Waals surface area contributed by atoms with E-state index in [4.69, 9.17) is 11.6 Å². The van der Waals surface area contributed by atoms with Crippen molar-refractivity contribution in [2.75, 3.05) is 5.32 Å². The quantitative estimate of drug-likeness (QED) is 0.856. The SMILES string of the molecule is CC(C)(Nc1nc(Cl)nc2sccc12)C1CC1. The second kappa shape index (κ2) is 3.82. The molecule has 0 spiro atoms. The number of fused-ring (bicyclic) bond motifs is 1. The van der Waals surface area contributed by atoms with Gasteiger partial charge in [-0.2, -0.15) is 0 Å². The molecule has 2 aromatic rings. The lowest BCUT2D eigenvalue weighted by Crippen LogP contribution is -2.33. The average molecular weight is 268 g/mol. The first-order valence-electron chi connectivity index (χ1n) is 5.75. The number of aromatic nitrogens is 2. The van der Waals surface area contributed by atoms with Crippen LogP contribution in [0, 0.1) is 5.92 Å². The third-order valence-electron chi connectivity index (χ3n) is 3.34. The van der Waals surface area contributed by atoms with Gasteiger partial charge in [-0.25, -0.2) is 9.97 Å². The van der Waals surface area contributed by atoms with Crippen molar-refractivity contribution >= 4 is 39.0 Å². The average Bonchev–Trinajstić information content (AvgIpc) is 2.99. The molecule has 1 N–H and O–H groups in total. The van der Waals surface area contributed by atoms with Gasteiger partial charge in [0.15, 0.2) is 0 Å². The fourth-order valence-electron chi connectivity index (χ4n) is 2.14. The van der Waals surface area contributed by atoms with Gasteiger partial charge in [-0.1, -0.05) is 0 Å². The minimum Gasteiger partial charge on any atom is -0.364 e. The van der Waals surface area contributed by atoms with Crippen molar-refractivity contribution in [2.24, 2.45) is 5.92 Å². The minimum absolute atomic E-state index is 0.0759. The van der Waals surface area contributed by atoms with E-state index < -0.39 is 0 Å². The van der Waals surface area contributed by atoms with Crippen molar-refractivity contribution in [1.82, 2.24) is 9.97 Å². The molecule has 1 fully saturated rings. The summed E-state index contributed by atoms with van der Waals surface area (Å²) >= 11 is 7.54. The lowest BCUT2D eigenvalue weighted by atomic mass is 9.99. The second-order valence-electron chi connectivity index (χ2n) is 5.10. The van der Waals surface area contributed by atoms with Crippen LogP contribution in [0.5, 0.6) is 0 Å². The maximum absolute atomic E-state index is 5.95. The van der Waals surface area contributed by atoms with Crippen molar-refractivity contribution in [1.29, 1.82) is 0 Å². The topological polar surface area (TPSA) is 37.8 Å². The summed E-state index contributed by atoms with van der Waals surface area (Å²) in [6.45, 7) is 4.44. The van der Waals surface area contributed by atoms with Gasteiger partial charge in [0.05, 0.1) is 5.39 Å². The van der Waals surface area contributed by atoms with Crippen LogP contribution < -0.4 is 5.32 Å². The number of halogens is 1. The summed E-state index contributed by atoms with van der Waals surface area (Å²) in [5, 5.41) is 6.92. The molecule has 0 saturated heterocycles. The Morgan fingerprint density at radius 2 is 2.18 bits per heavy atom. The Balaban J connectivity index is 2.01. The molecule has 1 saturated carbocycles. The van der Waals surface area contributed by atoms with Gasteiger partial charge in [0.25, 0.3) is 0 Å². The molecule has 0 atom stereocenters. The van der Waals surface area contributed by atoms with E-state index in [9.17, 15) is 0 Å². The molecule has 2 aromatic heterocycles. The summed E-state index contributed by atoms with van der Waals surface area (Å²) in [6, 6.07) is 2.04. The van der Waals surface area contributed by atoms with Crippen LogP contribution in [0.4, 0.5) is 5.82 Å². The van der Waals surface area contributed by atoms with E-state index >= 15 is 0 Å². The van der Waals surface area contributed by atoms with Crippen LogP contribution in [0.3, 0.4) is 0 Å². The van der Waals surface area contributed by atoms with E-state index in [2.05, 4.69) is 29.1 Å². The van der Waals surface area contributed by atoms with Crippen molar-refractivity contribution in [3.63, 3.8) is 0 Å². The molecule has 0 amide bonds. The van der Waals surface area contributed by atoms with Crippen LogP contribution in [0.1, 0.15) is 26.7 Å². The van der Waals surface area contributed by atoms with Gasteiger partial charge in [0.2, 0.25) is 5.28 Å². The standard InChI is InChI=1S/C12H14ClN3S/c1-12(2,7-3-4-7)16-9-8-5-6-17-10(8)15-11(13)14-9/h5-7H,3-4H2,1-2H3,(H,14,15,16). The number of hydrogen-bond donors (Lipinski definition) is 1. The van der Waals surface area contributed by atoms with E-state index in [0.717, 1.165) is 22.0 Å². The summed E-state index contributed by atoms with van der Waals surface area (Å²) in [5.41, 5.74) is 0.0759. The zero-order chi connectivity index (χ0) is 12.0. The van der Waals surface area contributed by atoms with E-state index in [1.165, 1.54) is 12.8 Å². The van der Waals surface area contributed by atoms with Gasteiger partial charge >= 0.3 is 0 Å². The molecule has 0 aromatic carbocycles. The Bertz CT molecular complexity index is 560. The van der Waals surface area contributed by atoms with Gasteiger partial charge in [-0.15, -0.1) is 11.3 Å². The summed E-state index contributed by atoms with van der Waals surface area (Å²) in [7, 11) is 0. The minimum atomic E-state index is 0.0759. The van der Waals surface area contributed by atoms with Crippen LogP contribution in [0.15, 0.2) is 11.4 Å². The van der Waals surface area contributed by atoms with Crippen molar-refractivity contribution in [2.45, 2.75) is 32.2 Å². The predicted molar refractivity (Wildman–Crippen MR) is 72.9 cm³/mol. The molecule has 2 heterocycles. The zero-order valence-electron chi connectivity index (χ0n) is 9.83. The Morgan fingerprint density at radius 1 is 1.41 bits per heavy atom. The largest absolute Gasteiger partial charge is 0.364 e. The van der Waals surface area contributed by atoms with Crippen molar-refractivity contribution < 1.29 is 0 Å². The molecular formula is C12H14ClN3S. The molecule has 0 unspecified atom stereocenters. The smallest absolute Gasteiger partial charge is 0.225 e. The lowest BCUT2D eigenvalue weighted by molar-refractivity contribution is 0.493. The molecule has 17 heavy (non-hydrogen) atoms. The molecule has 1 aliphatic rings. The monoisotopic (exact) mass is 267 g/mol. The fraction of sp³-hybridized carbons (Fsp3) is 0.500. The fourth-order valence-corrected chi connectivity index (χ4v) is 3.12. The molecule has 1 aliphatic carbocycles. The van der Waals surface area contributed by atoms with Crippen LogP contribution in [-0.4, -0.2) is 15.5 Å². The van der Waals surface area contributed by atoms with Gasteiger partial charge in [0, 0.05) is 5.54 Å². The Morgan fingerprint density at radius 3 is 2.88 bits per heavy atom. The van der Waals surface area contributed by atoms with E-state index in [-0.39, 0.29) is 5.54 Å². The summed E-state index contributed by atoms with van der Waals surface area (Å²) < 4.78 is 0. The predicted octanol–water partition coefficient (Wildman–Crippen LogP) is 3.95. The van der Waals surface area contributed by atoms with E-state index in [1.807, 2.05) is 11.4 Å². The third kappa shape index (κ3) is 2.11. The molecule has 0 aliphatic heterocycles. The maximum atomic E-state index is 5.95. The van der Waals surface area contributed by atoms with Crippen molar-refractivity contribution in [3.05, 3.63) is 16.7 Å². The highest BCUT2D eigenvalue weighted by molar-refractivity contribution is 7.16. The zero-order valence-corrected chi connectivity index (χ0v) is 11.4. The molecule has 3 nitrogen and oxygen atoms in total. The number of hydrogen-bond acceptors (Lipinski definition) is 4. The molecule has 3 rings (SSSR count). The van der Waals surface area contributed by atoms with Crippen molar-refractivity contribution in [3.8, 4) is 0 Å². The molecule has 90 valence electrons.